The van der Waals surface area contributed by atoms with Crippen molar-refractivity contribution in [1.82, 2.24) is 4.90 Å². The normalized spacial score (nSPS) is 23.8. The van der Waals surface area contributed by atoms with Crippen LogP contribution in [0.5, 0.6) is 17.2 Å². The van der Waals surface area contributed by atoms with Crippen molar-refractivity contribution in [2.45, 2.75) is 24.9 Å². The van der Waals surface area contributed by atoms with Crippen molar-refractivity contribution >= 4 is 0 Å². The molecule has 2 aromatic rings. The maximum absolute atomic E-state index is 10.1. The average molecular weight is 325 g/mol. The number of phenolic OH excluding ortho intramolecular Hbond substituents is 1. The molecule has 0 amide bonds. The summed E-state index contributed by atoms with van der Waals surface area (Å²) in [6.45, 7) is 3.48. The molecule has 0 bridgehead atoms. The maximum Gasteiger partial charge on any atom is 0.161 e. The molecule has 4 nitrogen and oxygen atoms in total. The monoisotopic (exact) mass is 325 g/mol. The molecule has 0 spiro atoms. The highest BCUT2D eigenvalue weighted by Gasteiger charge is 2.28. The van der Waals surface area contributed by atoms with E-state index in [-0.39, 0.29) is 6.10 Å². The fourth-order valence-corrected chi connectivity index (χ4v) is 3.75. The van der Waals surface area contributed by atoms with Crippen molar-refractivity contribution in [1.29, 1.82) is 0 Å². The van der Waals surface area contributed by atoms with Crippen LogP contribution >= 0.6 is 0 Å². The predicted octanol–water partition coefficient (Wildman–Crippen LogP) is 3.41. The van der Waals surface area contributed by atoms with E-state index < -0.39 is 0 Å². The van der Waals surface area contributed by atoms with E-state index in [2.05, 4.69) is 4.90 Å². The molecule has 0 aromatic heterocycles. The summed E-state index contributed by atoms with van der Waals surface area (Å²) in [6.07, 6.45) is 2.32. The molecule has 0 saturated carbocycles. The lowest BCUT2D eigenvalue weighted by molar-refractivity contribution is 0.0503. The van der Waals surface area contributed by atoms with Crippen LogP contribution in [0.3, 0.4) is 0 Å². The van der Waals surface area contributed by atoms with Gasteiger partial charge in [0.1, 0.15) is 18.5 Å². The van der Waals surface area contributed by atoms with E-state index in [0.29, 0.717) is 18.3 Å². The summed E-state index contributed by atoms with van der Waals surface area (Å²) in [5, 5.41) is 10.1. The third-order valence-corrected chi connectivity index (χ3v) is 4.91. The Morgan fingerprint density at radius 1 is 1.04 bits per heavy atom. The SMILES string of the molecule is Oc1ccccc1C1CCCN(CC2COc3ccccc3O2)C1. The Bertz CT molecular complexity index is 703. The van der Waals surface area contributed by atoms with Gasteiger partial charge in [0.2, 0.25) is 0 Å². The van der Waals surface area contributed by atoms with Gasteiger partial charge in [0.05, 0.1) is 0 Å². The summed E-state index contributed by atoms with van der Waals surface area (Å²) in [4.78, 5) is 2.43. The van der Waals surface area contributed by atoms with Crippen molar-refractivity contribution in [2.24, 2.45) is 0 Å². The fraction of sp³-hybridized carbons (Fsp3) is 0.400. The minimum absolute atomic E-state index is 0.0584. The van der Waals surface area contributed by atoms with E-state index in [1.165, 1.54) is 0 Å². The number of ether oxygens (including phenoxy) is 2. The molecule has 0 radical (unpaired) electrons. The number of piperidine rings is 1. The first-order chi connectivity index (χ1) is 11.8. The minimum Gasteiger partial charge on any atom is -0.508 e. The molecule has 2 atom stereocenters. The van der Waals surface area contributed by atoms with Gasteiger partial charge in [-0.2, -0.15) is 0 Å². The molecule has 2 unspecified atom stereocenters. The molecule has 1 fully saturated rings. The first-order valence-corrected chi connectivity index (χ1v) is 8.68. The van der Waals surface area contributed by atoms with Gasteiger partial charge in [-0.3, -0.25) is 4.90 Å². The van der Waals surface area contributed by atoms with Gasteiger partial charge in [-0.15, -0.1) is 0 Å². The molecule has 4 heteroatoms. The van der Waals surface area contributed by atoms with Gasteiger partial charge in [0.15, 0.2) is 11.5 Å². The average Bonchev–Trinajstić information content (AvgIpc) is 2.62. The molecule has 4 rings (SSSR count). The molecule has 24 heavy (non-hydrogen) atoms. The van der Waals surface area contributed by atoms with Crippen molar-refractivity contribution < 1.29 is 14.6 Å². The van der Waals surface area contributed by atoms with Crippen LogP contribution in [0, 0.1) is 0 Å². The molecule has 126 valence electrons. The number of likely N-dealkylation sites (tertiary alicyclic amines) is 1. The quantitative estimate of drug-likeness (QED) is 0.939. The number of benzene rings is 2. The Kier molecular flexibility index (Phi) is 4.30. The lowest BCUT2D eigenvalue weighted by Gasteiger charge is -2.36. The third kappa shape index (κ3) is 3.20. The standard InChI is InChI=1S/C20H23NO3/c22-18-8-2-1-7-17(18)15-6-5-11-21(12-15)13-16-14-23-19-9-3-4-10-20(19)24-16/h1-4,7-10,15-16,22H,5-6,11-14H2. The zero-order valence-electron chi connectivity index (χ0n) is 13.7. The second-order valence-electron chi connectivity index (χ2n) is 6.66. The largest absolute Gasteiger partial charge is 0.508 e. The lowest BCUT2D eigenvalue weighted by atomic mass is 9.90. The second-order valence-corrected chi connectivity index (χ2v) is 6.66. The van der Waals surface area contributed by atoms with Crippen LogP contribution in [-0.4, -0.2) is 42.4 Å². The zero-order chi connectivity index (χ0) is 16.4. The van der Waals surface area contributed by atoms with Crippen LogP contribution in [0.4, 0.5) is 0 Å². The highest BCUT2D eigenvalue weighted by Crippen LogP contribution is 2.34. The van der Waals surface area contributed by atoms with E-state index in [4.69, 9.17) is 9.47 Å². The van der Waals surface area contributed by atoms with Gasteiger partial charge in [0, 0.05) is 19.0 Å². The number of phenols is 1. The van der Waals surface area contributed by atoms with E-state index in [0.717, 1.165) is 49.5 Å². The number of para-hydroxylation sites is 3. The summed E-state index contributed by atoms with van der Waals surface area (Å²) < 4.78 is 11.9. The van der Waals surface area contributed by atoms with Gasteiger partial charge in [-0.1, -0.05) is 30.3 Å². The van der Waals surface area contributed by atoms with Gasteiger partial charge < -0.3 is 14.6 Å². The van der Waals surface area contributed by atoms with Crippen LogP contribution in [0.15, 0.2) is 48.5 Å². The Labute approximate surface area is 142 Å². The van der Waals surface area contributed by atoms with Crippen LogP contribution in [-0.2, 0) is 0 Å². The number of hydrogen-bond acceptors (Lipinski definition) is 4. The lowest BCUT2D eigenvalue weighted by Crippen LogP contribution is -2.44. The highest BCUT2D eigenvalue weighted by molar-refractivity contribution is 5.40. The Hall–Kier alpha value is -2.20. The van der Waals surface area contributed by atoms with Gasteiger partial charge in [0.25, 0.3) is 0 Å². The molecule has 2 aliphatic heterocycles. The van der Waals surface area contributed by atoms with E-state index in [1.54, 1.807) is 6.07 Å². The van der Waals surface area contributed by atoms with Crippen LogP contribution in [0.1, 0.15) is 24.3 Å². The van der Waals surface area contributed by atoms with Crippen molar-refractivity contribution in [3.63, 3.8) is 0 Å². The third-order valence-electron chi connectivity index (χ3n) is 4.91. The molecule has 2 heterocycles. The van der Waals surface area contributed by atoms with E-state index in [9.17, 15) is 5.11 Å². The van der Waals surface area contributed by atoms with Gasteiger partial charge in [-0.05, 0) is 43.1 Å². The molecule has 1 saturated heterocycles. The van der Waals surface area contributed by atoms with Crippen LogP contribution in [0.2, 0.25) is 0 Å². The molecule has 0 aliphatic carbocycles. The van der Waals surface area contributed by atoms with E-state index in [1.807, 2.05) is 42.5 Å². The van der Waals surface area contributed by atoms with Crippen molar-refractivity contribution in [3.05, 3.63) is 54.1 Å². The fourth-order valence-electron chi connectivity index (χ4n) is 3.75. The zero-order valence-corrected chi connectivity index (χ0v) is 13.7. The molecule has 1 N–H and O–H groups in total. The number of fused-ring (bicyclic) bond motifs is 1. The summed E-state index contributed by atoms with van der Waals surface area (Å²) in [7, 11) is 0. The second kappa shape index (κ2) is 6.73. The summed E-state index contributed by atoms with van der Waals surface area (Å²) in [5.74, 6) is 2.47. The maximum atomic E-state index is 10.1. The van der Waals surface area contributed by atoms with E-state index >= 15 is 0 Å². The van der Waals surface area contributed by atoms with Gasteiger partial charge >= 0.3 is 0 Å². The number of hydrogen-bond donors (Lipinski definition) is 1. The summed E-state index contributed by atoms with van der Waals surface area (Å²) >= 11 is 0. The predicted molar refractivity (Wildman–Crippen MR) is 92.9 cm³/mol. The number of rotatable bonds is 3. The summed E-state index contributed by atoms with van der Waals surface area (Å²) in [5.41, 5.74) is 1.06. The highest BCUT2D eigenvalue weighted by atomic mass is 16.6. The first kappa shape index (κ1) is 15.3. The molecular weight excluding hydrogens is 302 g/mol. The van der Waals surface area contributed by atoms with Crippen LogP contribution in [0.25, 0.3) is 0 Å². The molecular formula is C20H23NO3. The topological polar surface area (TPSA) is 41.9 Å². The Balaban J connectivity index is 1.40. The van der Waals surface area contributed by atoms with Gasteiger partial charge in [-0.25, -0.2) is 0 Å². The first-order valence-electron chi connectivity index (χ1n) is 8.68. The smallest absolute Gasteiger partial charge is 0.161 e. The van der Waals surface area contributed by atoms with Crippen molar-refractivity contribution in [3.8, 4) is 17.2 Å². The van der Waals surface area contributed by atoms with Crippen molar-refractivity contribution in [2.75, 3.05) is 26.2 Å². The Morgan fingerprint density at radius 3 is 2.71 bits per heavy atom. The number of nitrogens with zero attached hydrogens (tertiary/aromatic N) is 1. The Morgan fingerprint density at radius 2 is 1.83 bits per heavy atom. The molecule has 2 aromatic carbocycles. The minimum atomic E-state index is 0.0584. The molecule has 2 aliphatic rings. The number of aromatic hydroxyl groups is 1. The summed E-state index contributed by atoms with van der Waals surface area (Å²) in [6, 6.07) is 15.5. The van der Waals surface area contributed by atoms with Crippen LogP contribution < -0.4 is 9.47 Å².